The van der Waals surface area contributed by atoms with Gasteiger partial charge >= 0.3 is 12.2 Å². The zero-order valence-corrected chi connectivity index (χ0v) is 20.2. The molecule has 3 amide bonds. The molecule has 0 fully saturated rings. The molecule has 1 N–H and O–H groups in total. The molecule has 3 rings (SSSR count). The fourth-order valence-corrected chi connectivity index (χ4v) is 4.12. The van der Waals surface area contributed by atoms with Gasteiger partial charge in [-0.1, -0.05) is 0 Å². The van der Waals surface area contributed by atoms with Crippen LogP contribution in [0.2, 0.25) is 0 Å². The van der Waals surface area contributed by atoms with Crippen LogP contribution in [0.5, 0.6) is 0 Å². The van der Waals surface area contributed by atoms with Crippen molar-refractivity contribution in [3.05, 3.63) is 46.5 Å². The van der Waals surface area contributed by atoms with Crippen molar-refractivity contribution in [2.24, 2.45) is 5.92 Å². The second-order valence-corrected chi connectivity index (χ2v) is 8.83. The Kier molecular flexibility index (Phi) is 9.05. The van der Waals surface area contributed by atoms with Crippen molar-refractivity contribution in [2.45, 2.75) is 39.0 Å². The number of alkyl halides is 5. The Morgan fingerprint density at radius 1 is 1.30 bits per heavy atom. The van der Waals surface area contributed by atoms with Gasteiger partial charge in [-0.2, -0.15) is 18.3 Å². The second kappa shape index (κ2) is 11.8. The number of hydrogen-bond donors (Lipinski definition) is 1. The number of nitrogens with zero attached hydrogens (tertiary/aromatic N) is 4. The minimum absolute atomic E-state index is 0.0153. The summed E-state index contributed by atoms with van der Waals surface area (Å²) in [6, 6.07) is 1.58. The summed E-state index contributed by atoms with van der Waals surface area (Å²) in [7, 11) is 1.56. The highest BCUT2D eigenvalue weighted by atomic mass is 19.4. The van der Waals surface area contributed by atoms with Gasteiger partial charge in [-0.3, -0.25) is 9.48 Å². The van der Waals surface area contributed by atoms with Crippen LogP contribution < -0.4 is 5.32 Å². The van der Waals surface area contributed by atoms with Gasteiger partial charge in [-0.25, -0.2) is 18.0 Å². The third-order valence-corrected chi connectivity index (χ3v) is 5.95. The third-order valence-electron chi connectivity index (χ3n) is 5.95. The van der Waals surface area contributed by atoms with Crippen LogP contribution in [0, 0.1) is 18.7 Å². The first-order chi connectivity index (χ1) is 17.4. The normalized spacial score (nSPS) is 14.5. The topological polar surface area (TPSA) is 79.7 Å². The second-order valence-electron chi connectivity index (χ2n) is 8.83. The van der Waals surface area contributed by atoms with Crippen LogP contribution in [0.1, 0.15) is 22.5 Å². The standard InChI is InChI=1S/C23H27F6N5O3/c1-14-17-10-33(22(36)30-16-3-4-19(24)18(7-16)23(27,28)29)6-5-20(17)31-34(14)9-15(8-32(2)13-35)11-37-12-21(25)26/h3-4,7,13,15,21H,5-6,8-12H2,1-2H3,(H,30,36). The summed E-state index contributed by atoms with van der Waals surface area (Å²) in [5.41, 5.74) is 0.547. The average molecular weight is 535 g/mol. The third kappa shape index (κ3) is 7.37. The van der Waals surface area contributed by atoms with Crippen molar-refractivity contribution in [3.63, 3.8) is 0 Å². The SMILES string of the molecule is Cc1c2c(nn1CC(COCC(F)F)CN(C)C=O)CCN(C(=O)Nc1ccc(F)c(C(F)(F)F)c1)C2. The highest BCUT2D eigenvalue weighted by Gasteiger charge is 2.34. The zero-order valence-electron chi connectivity index (χ0n) is 20.2. The monoisotopic (exact) mass is 535 g/mol. The molecule has 0 radical (unpaired) electrons. The maximum absolute atomic E-state index is 13.5. The Morgan fingerprint density at radius 2 is 2.03 bits per heavy atom. The molecular formula is C23H27F6N5O3. The van der Waals surface area contributed by atoms with E-state index in [-0.39, 0.29) is 44.4 Å². The van der Waals surface area contributed by atoms with Crippen LogP contribution in [0.4, 0.5) is 36.8 Å². The molecule has 1 aliphatic rings. The number of fused-ring (bicyclic) bond motifs is 1. The summed E-state index contributed by atoms with van der Waals surface area (Å²) >= 11 is 0. The van der Waals surface area contributed by atoms with Crippen molar-refractivity contribution >= 4 is 18.1 Å². The Hall–Kier alpha value is -3.29. The van der Waals surface area contributed by atoms with E-state index in [9.17, 15) is 35.9 Å². The number of rotatable bonds is 10. The number of carbonyl (C=O) groups is 2. The number of hydrogen-bond acceptors (Lipinski definition) is 4. The number of benzene rings is 1. The van der Waals surface area contributed by atoms with Crippen molar-refractivity contribution in [3.8, 4) is 0 Å². The molecule has 2 aromatic rings. The van der Waals surface area contributed by atoms with E-state index in [0.29, 0.717) is 25.0 Å². The molecule has 0 saturated carbocycles. The van der Waals surface area contributed by atoms with Crippen molar-refractivity contribution in [2.75, 3.05) is 38.7 Å². The highest BCUT2D eigenvalue weighted by molar-refractivity contribution is 5.89. The lowest BCUT2D eigenvalue weighted by Crippen LogP contribution is -2.39. The van der Waals surface area contributed by atoms with E-state index < -0.39 is 36.6 Å². The maximum Gasteiger partial charge on any atom is 0.419 e. The molecule has 0 spiro atoms. The highest BCUT2D eigenvalue weighted by Crippen LogP contribution is 2.33. The van der Waals surface area contributed by atoms with Gasteiger partial charge in [0.1, 0.15) is 12.4 Å². The van der Waals surface area contributed by atoms with Gasteiger partial charge in [0.05, 0.1) is 24.4 Å². The Morgan fingerprint density at radius 3 is 2.68 bits per heavy atom. The predicted molar refractivity (Wildman–Crippen MR) is 121 cm³/mol. The van der Waals surface area contributed by atoms with Gasteiger partial charge in [0, 0.05) is 56.0 Å². The maximum atomic E-state index is 13.5. The van der Waals surface area contributed by atoms with Gasteiger partial charge < -0.3 is 19.9 Å². The zero-order chi connectivity index (χ0) is 27.3. The summed E-state index contributed by atoms with van der Waals surface area (Å²) in [6.07, 6.45) is -6.51. The molecule has 2 heterocycles. The molecule has 1 atom stereocenters. The molecule has 0 aliphatic carbocycles. The van der Waals surface area contributed by atoms with Crippen molar-refractivity contribution < 1.29 is 40.7 Å². The molecule has 37 heavy (non-hydrogen) atoms. The molecule has 1 aromatic carbocycles. The van der Waals surface area contributed by atoms with Crippen molar-refractivity contribution in [1.82, 2.24) is 19.6 Å². The number of amides is 3. The van der Waals surface area contributed by atoms with Crippen LogP contribution in [0.15, 0.2) is 18.2 Å². The Labute approximate surface area is 209 Å². The van der Waals surface area contributed by atoms with Gasteiger partial charge in [-0.15, -0.1) is 0 Å². The molecule has 1 unspecified atom stereocenters. The number of urea groups is 1. The lowest BCUT2D eigenvalue weighted by atomic mass is 10.1. The number of carbonyl (C=O) groups excluding carboxylic acids is 2. The molecule has 1 aromatic heterocycles. The molecule has 8 nitrogen and oxygen atoms in total. The Bertz CT molecular complexity index is 1110. The van der Waals surface area contributed by atoms with Gasteiger partial charge in [0.25, 0.3) is 6.43 Å². The van der Waals surface area contributed by atoms with Crippen LogP contribution in [0.25, 0.3) is 0 Å². The number of ether oxygens (including phenoxy) is 1. The van der Waals surface area contributed by atoms with Crippen LogP contribution in [0.3, 0.4) is 0 Å². The van der Waals surface area contributed by atoms with E-state index in [0.717, 1.165) is 23.0 Å². The van der Waals surface area contributed by atoms with Crippen LogP contribution >= 0.6 is 0 Å². The van der Waals surface area contributed by atoms with E-state index in [1.807, 2.05) is 0 Å². The number of nitrogens with one attached hydrogen (secondary N) is 1. The van der Waals surface area contributed by atoms with E-state index >= 15 is 0 Å². The summed E-state index contributed by atoms with van der Waals surface area (Å²) < 4.78 is 84.2. The van der Waals surface area contributed by atoms with E-state index in [2.05, 4.69) is 10.4 Å². The van der Waals surface area contributed by atoms with E-state index in [1.165, 1.54) is 9.80 Å². The molecular weight excluding hydrogens is 508 g/mol. The minimum Gasteiger partial charge on any atom is -0.375 e. The molecule has 0 saturated heterocycles. The quantitative estimate of drug-likeness (QED) is 0.370. The summed E-state index contributed by atoms with van der Waals surface area (Å²) in [5.74, 6) is -1.76. The van der Waals surface area contributed by atoms with Gasteiger partial charge in [0.2, 0.25) is 6.41 Å². The fraction of sp³-hybridized carbons (Fsp3) is 0.522. The van der Waals surface area contributed by atoms with Crippen molar-refractivity contribution in [1.29, 1.82) is 0 Å². The first kappa shape index (κ1) is 28.3. The lowest BCUT2D eigenvalue weighted by molar-refractivity contribution is -0.139. The minimum atomic E-state index is -4.90. The van der Waals surface area contributed by atoms with Crippen LogP contribution in [-0.2, 0) is 35.2 Å². The van der Waals surface area contributed by atoms with Gasteiger partial charge in [0.15, 0.2) is 0 Å². The average Bonchev–Trinajstić information content (AvgIpc) is 3.13. The number of halogens is 6. The van der Waals surface area contributed by atoms with Crippen LogP contribution in [-0.4, -0.2) is 71.8 Å². The molecule has 1 aliphatic heterocycles. The molecule has 14 heteroatoms. The Balaban J connectivity index is 1.70. The largest absolute Gasteiger partial charge is 0.419 e. The first-order valence-corrected chi connectivity index (χ1v) is 11.4. The predicted octanol–water partition coefficient (Wildman–Crippen LogP) is 3.93. The molecule has 204 valence electrons. The summed E-state index contributed by atoms with van der Waals surface area (Å²) in [5, 5.41) is 6.95. The molecule has 0 bridgehead atoms. The number of aromatic nitrogens is 2. The van der Waals surface area contributed by atoms with Gasteiger partial charge in [-0.05, 0) is 25.1 Å². The fourth-order valence-electron chi connectivity index (χ4n) is 4.12. The van der Waals surface area contributed by atoms with E-state index in [4.69, 9.17) is 4.74 Å². The first-order valence-electron chi connectivity index (χ1n) is 11.4. The summed E-state index contributed by atoms with van der Waals surface area (Å²) in [6.45, 7) is 1.96. The van der Waals surface area contributed by atoms with E-state index in [1.54, 1.807) is 18.7 Å². The smallest absolute Gasteiger partial charge is 0.375 e. The number of anilines is 1. The summed E-state index contributed by atoms with van der Waals surface area (Å²) in [4.78, 5) is 26.6. The lowest BCUT2D eigenvalue weighted by Gasteiger charge is -2.27.